The fraction of sp³-hybridized carbons (Fsp3) is 0.400. The Morgan fingerprint density at radius 2 is 1.86 bits per heavy atom. The molecule has 2 amide bonds. The van der Waals surface area contributed by atoms with Crippen LogP contribution in [0.25, 0.3) is 10.9 Å². The number of piperidine rings is 1. The van der Waals surface area contributed by atoms with Crippen molar-refractivity contribution in [2.45, 2.75) is 38.5 Å². The molecule has 0 unspecified atom stereocenters. The average Bonchev–Trinajstić information content (AvgIpc) is 3.28. The van der Waals surface area contributed by atoms with Gasteiger partial charge in [-0.1, -0.05) is 12.8 Å². The maximum Gasteiger partial charge on any atom is 0.573 e. The van der Waals surface area contributed by atoms with E-state index in [9.17, 15) is 22.8 Å². The summed E-state index contributed by atoms with van der Waals surface area (Å²) in [6.45, 7) is 1.84. The van der Waals surface area contributed by atoms with E-state index in [0.717, 1.165) is 55.1 Å². The number of H-pyrrole nitrogens is 1. The molecule has 7 nitrogen and oxygen atoms in total. The van der Waals surface area contributed by atoms with Gasteiger partial charge in [-0.25, -0.2) is 0 Å². The molecule has 3 heterocycles. The van der Waals surface area contributed by atoms with Crippen LogP contribution >= 0.6 is 0 Å². The number of alkyl halides is 3. The van der Waals surface area contributed by atoms with Crippen LogP contribution in [0.5, 0.6) is 5.75 Å². The van der Waals surface area contributed by atoms with Crippen molar-refractivity contribution in [2.75, 3.05) is 19.6 Å². The molecule has 3 aromatic rings. The normalized spacial score (nSPS) is 14.8. The molecule has 0 atom stereocenters. The van der Waals surface area contributed by atoms with Crippen molar-refractivity contribution in [2.24, 2.45) is 5.92 Å². The zero-order valence-corrected chi connectivity index (χ0v) is 19.1. The lowest BCUT2D eigenvalue weighted by Crippen LogP contribution is -2.38. The van der Waals surface area contributed by atoms with Crippen molar-refractivity contribution in [1.29, 1.82) is 0 Å². The average molecular weight is 489 g/mol. The van der Waals surface area contributed by atoms with Crippen molar-refractivity contribution in [3.05, 3.63) is 60.0 Å². The molecule has 2 N–H and O–H groups in total. The van der Waals surface area contributed by atoms with E-state index in [1.807, 2.05) is 6.07 Å². The molecule has 0 aliphatic carbocycles. The second-order valence-electron chi connectivity index (χ2n) is 8.71. The molecular weight excluding hydrogens is 461 g/mol. The number of benzene rings is 1. The first-order valence-corrected chi connectivity index (χ1v) is 11.6. The van der Waals surface area contributed by atoms with Gasteiger partial charge >= 0.3 is 6.36 Å². The Morgan fingerprint density at radius 1 is 1.11 bits per heavy atom. The molecular formula is C25H27F3N4O3. The van der Waals surface area contributed by atoms with Gasteiger partial charge in [-0.15, -0.1) is 13.2 Å². The van der Waals surface area contributed by atoms with Crippen LogP contribution in [0.2, 0.25) is 0 Å². The largest absolute Gasteiger partial charge is 0.573 e. The fourth-order valence-electron chi connectivity index (χ4n) is 4.36. The lowest BCUT2D eigenvalue weighted by molar-refractivity contribution is -0.274. The first-order valence-electron chi connectivity index (χ1n) is 11.6. The number of likely N-dealkylation sites (tertiary alicyclic amines) is 1. The predicted octanol–water partition coefficient (Wildman–Crippen LogP) is 4.91. The van der Waals surface area contributed by atoms with Crippen LogP contribution in [0.3, 0.4) is 0 Å². The minimum atomic E-state index is -4.76. The Balaban J connectivity index is 1.13. The Morgan fingerprint density at radius 3 is 2.54 bits per heavy atom. The van der Waals surface area contributed by atoms with Crippen LogP contribution in [-0.2, 0) is 0 Å². The number of hydrogen-bond acceptors (Lipinski definition) is 4. The molecule has 186 valence electrons. The summed E-state index contributed by atoms with van der Waals surface area (Å²) in [5.74, 6) is -0.149. The van der Waals surface area contributed by atoms with Crippen molar-refractivity contribution in [3.8, 4) is 5.75 Å². The number of carbonyl (C=O) groups is 2. The van der Waals surface area contributed by atoms with E-state index in [4.69, 9.17) is 0 Å². The predicted molar refractivity (Wildman–Crippen MR) is 124 cm³/mol. The molecule has 35 heavy (non-hydrogen) atoms. The summed E-state index contributed by atoms with van der Waals surface area (Å²) in [5.41, 5.74) is 1.75. The van der Waals surface area contributed by atoms with Crippen molar-refractivity contribution < 1.29 is 27.5 Å². The Bertz CT molecular complexity index is 1120. The third-order valence-corrected chi connectivity index (χ3v) is 6.23. The van der Waals surface area contributed by atoms with E-state index in [2.05, 4.69) is 20.0 Å². The topological polar surface area (TPSA) is 87.3 Å². The third-order valence-electron chi connectivity index (χ3n) is 6.23. The minimum Gasteiger partial charge on any atom is -0.406 e. The molecule has 1 aromatic carbocycles. The van der Waals surface area contributed by atoms with Gasteiger partial charge in [0.15, 0.2) is 0 Å². The molecule has 10 heteroatoms. The van der Waals surface area contributed by atoms with E-state index in [0.29, 0.717) is 36.8 Å². The Labute approximate surface area is 200 Å². The van der Waals surface area contributed by atoms with Crippen LogP contribution in [-0.4, -0.2) is 52.7 Å². The highest BCUT2D eigenvalue weighted by Crippen LogP contribution is 2.26. The number of hydrogen-bond donors (Lipinski definition) is 2. The van der Waals surface area contributed by atoms with E-state index >= 15 is 0 Å². The van der Waals surface area contributed by atoms with Crippen molar-refractivity contribution in [1.82, 2.24) is 20.2 Å². The lowest BCUT2D eigenvalue weighted by atomic mass is 9.91. The summed E-state index contributed by atoms with van der Waals surface area (Å²) in [6, 6.07) is 8.64. The van der Waals surface area contributed by atoms with Crippen LogP contribution in [0.15, 0.2) is 48.8 Å². The standard InChI is InChI=1S/C25H27F3N4O3/c26-25(27,28)35-20-6-4-18(5-7-20)24(34)32-13-9-17(10-14-32)3-1-2-11-30-23(33)22-15-19-16-29-12-8-21(19)31-22/h4-8,12,15-17,31H,1-3,9-11,13-14H2,(H,30,33). The number of aromatic nitrogens is 2. The van der Waals surface area contributed by atoms with Crippen LogP contribution in [0.4, 0.5) is 13.2 Å². The maximum absolute atomic E-state index is 12.7. The molecule has 0 spiro atoms. The SMILES string of the molecule is O=C(NCCCCC1CCN(C(=O)c2ccc(OC(F)(F)F)cc2)CC1)c1cc2cnccc2[nH]1. The summed E-state index contributed by atoms with van der Waals surface area (Å²) in [7, 11) is 0. The summed E-state index contributed by atoms with van der Waals surface area (Å²) >= 11 is 0. The van der Waals surface area contributed by atoms with Gasteiger partial charge < -0.3 is 19.9 Å². The number of unbranched alkanes of at least 4 members (excludes halogenated alkanes) is 1. The van der Waals surface area contributed by atoms with Gasteiger partial charge in [0.25, 0.3) is 11.8 Å². The van der Waals surface area contributed by atoms with Gasteiger partial charge in [-0.2, -0.15) is 0 Å². The molecule has 1 aliphatic heterocycles. The van der Waals surface area contributed by atoms with E-state index in [1.165, 1.54) is 12.1 Å². The second kappa shape index (κ2) is 10.8. The first-order chi connectivity index (χ1) is 16.8. The molecule has 2 aromatic heterocycles. The first kappa shape index (κ1) is 24.6. The van der Waals surface area contributed by atoms with Crippen LogP contribution in [0, 0.1) is 5.92 Å². The Hall–Kier alpha value is -3.56. The number of aromatic amines is 1. The van der Waals surface area contributed by atoms with Gasteiger partial charge in [-0.05, 0) is 61.6 Å². The monoisotopic (exact) mass is 488 g/mol. The van der Waals surface area contributed by atoms with Crippen LogP contribution in [0.1, 0.15) is 53.0 Å². The molecule has 1 fully saturated rings. The van der Waals surface area contributed by atoms with E-state index in [1.54, 1.807) is 23.4 Å². The molecule has 0 saturated carbocycles. The fourth-order valence-corrected chi connectivity index (χ4v) is 4.36. The van der Waals surface area contributed by atoms with Gasteiger partial charge in [0.1, 0.15) is 11.4 Å². The highest BCUT2D eigenvalue weighted by molar-refractivity contribution is 5.97. The second-order valence-corrected chi connectivity index (χ2v) is 8.71. The number of amides is 2. The highest BCUT2D eigenvalue weighted by Gasteiger charge is 2.31. The number of ether oxygens (including phenoxy) is 1. The van der Waals surface area contributed by atoms with Gasteiger partial charge in [-0.3, -0.25) is 14.6 Å². The summed E-state index contributed by atoms with van der Waals surface area (Å²) in [6.07, 6.45) is 3.29. The number of fused-ring (bicyclic) bond motifs is 1. The lowest BCUT2D eigenvalue weighted by Gasteiger charge is -2.32. The third kappa shape index (κ3) is 6.74. The quantitative estimate of drug-likeness (QED) is 0.441. The zero-order chi connectivity index (χ0) is 24.8. The smallest absolute Gasteiger partial charge is 0.406 e. The van der Waals surface area contributed by atoms with Gasteiger partial charge in [0.2, 0.25) is 0 Å². The highest BCUT2D eigenvalue weighted by atomic mass is 19.4. The molecule has 0 bridgehead atoms. The Kier molecular flexibility index (Phi) is 7.57. The van der Waals surface area contributed by atoms with Crippen molar-refractivity contribution >= 4 is 22.7 Å². The van der Waals surface area contributed by atoms with Crippen LogP contribution < -0.4 is 10.1 Å². The number of rotatable bonds is 8. The summed E-state index contributed by atoms with van der Waals surface area (Å²) in [4.78, 5) is 33.9. The van der Waals surface area contributed by atoms with Gasteiger partial charge in [0.05, 0.1) is 0 Å². The molecule has 4 rings (SSSR count). The van der Waals surface area contributed by atoms with Gasteiger partial charge in [0, 0.05) is 48.5 Å². The maximum atomic E-state index is 12.7. The number of halogens is 3. The molecule has 1 aliphatic rings. The number of pyridine rings is 1. The summed E-state index contributed by atoms with van der Waals surface area (Å²) in [5, 5.41) is 3.84. The molecule has 0 radical (unpaired) electrons. The summed E-state index contributed by atoms with van der Waals surface area (Å²) < 4.78 is 40.7. The van der Waals surface area contributed by atoms with E-state index in [-0.39, 0.29) is 17.6 Å². The van der Waals surface area contributed by atoms with Crippen molar-refractivity contribution in [3.63, 3.8) is 0 Å². The number of nitrogens with one attached hydrogen (secondary N) is 2. The zero-order valence-electron chi connectivity index (χ0n) is 19.1. The molecule has 1 saturated heterocycles. The number of carbonyl (C=O) groups excluding carboxylic acids is 2. The van der Waals surface area contributed by atoms with E-state index < -0.39 is 6.36 Å². The number of nitrogens with zero attached hydrogens (tertiary/aromatic N) is 2. The minimum absolute atomic E-state index is 0.133.